The standard InChI is InChI=1S/C18H34N4O2.HI/c1-3-14-5-7-15(8-6-14)13-20-17(19)21-16-9-11-22(12-10-16)18(23)24-4-2;/h14-16H,3-13H2,1-2H3,(H3,19,20,21);1H. The molecule has 1 saturated heterocycles. The quantitative estimate of drug-likeness (QED) is 0.370. The third kappa shape index (κ3) is 7.58. The highest BCUT2D eigenvalue weighted by molar-refractivity contribution is 14.0. The number of likely N-dealkylation sites (tertiary alicyclic amines) is 1. The van der Waals surface area contributed by atoms with E-state index < -0.39 is 0 Å². The van der Waals surface area contributed by atoms with Gasteiger partial charge in [0.25, 0.3) is 0 Å². The van der Waals surface area contributed by atoms with Gasteiger partial charge in [-0.2, -0.15) is 0 Å². The molecule has 6 nitrogen and oxygen atoms in total. The number of ether oxygens (including phenoxy) is 1. The third-order valence-electron chi connectivity index (χ3n) is 5.44. The van der Waals surface area contributed by atoms with Crippen LogP contribution in [0.2, 0.25) is 0 Å². The van der Waals surface area contributed by atoms with Gasteiger partial charge in [-0.3, -0.25) is 4.99 Å². The first-order chi connectivity index (χ1) is 11.6. The van der Waals surface area contributed by atoms with Crippen molar-refractivity contribution < 1.29 is 9.53 Å². The fourth-order valence-electron chi connectivity index (χ4n) is 3.73. The zero-order valence-corrected chi connectivity index (χ0v) is 18.0. The van der Waals surface area contributed by atoms with Gasteiger partial charge in [-0.25, -0.2) is 4.79 Å². The number of carbonyl (C=O) groups excluding carboxylic acids is 1. The van der Waals surface area contributed by atoms with Crippen LogP contribution in [0.15, 0.2) is 4.99 Å². The van der Waals surface area contributed by atoms with Crippen molar-refractivity contribution in [3.63, 3.8) is 0 Å². The van der Waals surface area contributed by atoms with Crippen LogP contribution >= 0.6 is 24.0 Å². The molecule has 1 aliphatic carbocycles. The Balaban J connectivity index is 0.00000312. The molecule has 3 N–H and O–H groups in total. The molecule has 0 unspecified atom stereocenters. The van der Waals surface area contributed by atoms with Gasteiger partial charge in [0.2, 0.25) is 0 Å². The summed E-state index contributed by atoms with van der Waals surface area (Å²) < 4.78 is 5.04. The molecule has 0 radical (unpaired) electrons. The zero-order valence-electron chi connectivity index (χ0n) is 15.7. The van der Waals surface area contributed by atoms with Gasteiger partial charge in [0.1, 0.15) is 0 Å². The van der Waals surface area contributed by atoms with Gasteiger partial charge in [-0.1, -0.05) is 26.2 Å². The predicted molar refractivity (Wildman–Crippen MR) is 112 cm³/mol. The number of hydrogen-bond donors (Lipinski definition) is 2. The van der Waals surface area contributed by atoms with Gasteiger partial charge in [-0.05, 0) is 44.4 Å². The number of piperidine rings is 1. The number of carbonyl (C=O) groups is 1. The largest absolute Gasteiger partial charge is 0.450 e. The SMILES string of the molecule is CCOC(=O)N1CCC(NC(N)=NCC2CCC(CC)CC2)CC1.I. The summed E-state index contributed by atoms with van der Waals surface area (Å²) in [7, 11) is 0. The topological polar surface area (TPSA) is 80.0 Å². The number of hydrogen-bond acceptors (Lipinski definition) is 3. The maximum Gasteiger partial charge on any atom is 0.409 e. The minimum Gasteiger partial charge on any atom is -0.450 e. The lowest BCUT2D eigenvalue weighted by Crippen LogP contribution is -2.48. The smallest absolute Gasteiger partial charge is 0.409 e. The summed E-state index contributed by atoms with van der Waals surface area (Å²) in [6.45, 7) is 6.82. The second-order valence-electron chi connectivity index (χ2n) is 7.13. The van der Waals surface area contributed by atoms with Gasteiger partial charge >= 0.3 is 6.09 Å². The summed E-state index contributed by atoms with van der Waals surface area (Å²) in [4.78, 5) is 18.0. The summed E-state index contributed by atoms with van der Waals surface area (Å²) in [6, 6.07) is 0.301. The van der Waals surface area contributed by atoms with Crippen molar-refractivity contribution in [3.05, 3.63) is 0 Å². The van der Waals surface area contributed by atoms with Gasteiger partial charge in [0.15, 0.2) is 5.96 Å². The number of nitrogens with two attached hydrogens (primary N) is 1. The van der Waals surface area contributed by atoms with Crippen LogP contribution in [-0.4, -0.2) is 49.2 Å². The monoisotopic (exact) mass is 466 g/mol. The molecular formula is C18H35IN4O2. The molecule has 146 valence electrons. The maximum absolute atomic E-state index is 11.7. The first-order valence-corrected chi connectivity index (χ1v) is 9.60. The molecule has 2 fully saturated rings. The molecule has 1 saturated carbocycles. The van der Waals surface area contributed by atoms with Crippen LogP contribution in [0.3, 0.4) is 0 Å². The molecule has 1 amide bonds. The summed E-state index contributed by atoms with van der Waals surface area (Å²) in [5, 5.41) is 3.32. The molecule has 0 aromatic heterocycles. The number of rotatable bonds is 5. The van der Waals surface area contributed by atoms with Gasteiger partial charge in [0, 0.05) is 25.7 Å². The number of halogens is 1. The number of nitrogens with one attached hydrogen (secondary N) is 1. The Bertz CT molecular complexity index is 417. The number of guanidine groups is 1. The maximum atomic E-state index is 11.7. The van der Waals surface area contributed by atoms with E-state index in [1.54, 1.807) is 4.90 Å². The highest BCUT2D eigenvalue weighted by Crippen LogP contribution is 2.30. The zero-order chi connectivity index (χ0) is 17.4. The van der Waals surface area contributed by atoms with Gasteiger partial charge < -0.3 is 20.7 Å². The van der Waals surface area contributed by atoms with Crippen molar-refractivity contribution in [1.82, 2.24) is 10.2 Å². The molecule has 2 aliphatic rings. The predicted octanol–water partition coefficient (Wildman–Crippen LogP) is 3.35. The Labute approximate surface area is 169 Å². The molecule has 0 atom stereocenters. The molecule has 2 rings (SSSR count). The number of nitrogens with zero attached hydrogens (tertiary/aromatic N) is 2. The Kier molecular flexibility index (Phi) is 10.5. The lowest BCUT2D eigenvalue weighted by Gasteiger charge is -2.32. The van der Waals surface area contributed by atoms with E-state index >= 15 is 0 Å². The van der Waals surface area contributed by atoms with Crippen LogP contribution in [0.1, 0.15) is 58.8 Å². The highest BCUT2D eigenvalue weighted by Gasteiger charge is 2.24. The van der Waals surface area contributed by atoms with Crippen LogP contribution in [0.5, 0.6) is 0 Å². The molecule has 0 aromatic carbocycles. The first-order valence-electron chi connectivity index (χ1n) is 9.60. The second-order valence-corrected chi connectivity index (χ2v) is 7.13. The van der Waals surface area contributed by atoms with Crippen LogP contribution in [0, 0.1) is 11.8 Å². The molecular weight excluding hydrogens is 431 g/mol. The van der Waals surface area contributed by atoms with Crippen LogP contribution in [0.25, 0.3) is 0 Å². The van der Waals surface area contributed by atoms with Crippen LogP contribution < -0.4 is 11.1 Å². The van der Waals surface area contributed by atoms with Crippen molar-refractivity contribution in [1.29, 1.82) is 0 Å². The summed E-state index contributed by atoms with van der Waals surface area (Å²) in [5.41, 5.74) is 6.05. The van der Waals surface area contributed by atoms with Crippen LogP contribution in [0.4, 0.5) is 4.79 Å². The molecule has 0 spiro atoms. The number of aliphatic imine (C=N–C) groups is 1. The van der Waals surface area contributed by atoms with E-state index in [2.05, 4.69) is 17.2 Å². The van der Waals surface area contributed by atoms with Crippen molar-refractivity contribution in [2.45, 2.75) is 64.8 Å². The fourth-order valence-corrected chi connectivity index (χ4v) is 3.73. The minimum absolute atomic E-state index is 0. The van der Waals surface area contributed by atoms with E-state index in [0.717, 1.165) is 25.3 Å². The van der Waals surface area contributed by atoms with Gasteiger partial charge in [0.05, 0.1) is 6.61 Å². The average Bonchev–Trinajstić information content (AvgIpc) is 2.61. The van der Waals surface area contributed by atoms with Crippen molar-refractivity contribution in [2.75, 3.05) is 26.2 Å². The minimum atomic E-state index is -0.208. The summed E-state index contributed by atoms with van der Waals surface area (Å²) in [6.07, 6.45) is 8.13. The molecule has 1 aliphatic heterocycles. The van der Waals surface area contributed by atoms with E-state index in [-0.39, 0.29) is 30.1 Å². The van der Waals surface area contributed by atoms with E-state index in [4.69, 9.17) is 10.5 Å². The normalized spacial score (nSPS) is 25.2. The Hall–Kier alpha value is -0.730. The fraction of sp³-hybridized carbons (Fsp3) is 0.889. The molecule has 1 heterocycles. The average molecular weight is 466 g/mol. The Morgan fingerprint density at radius 2 is 1.72 bits per heavy atom. The van der Waals surface area contributed by atoms with E-state index in [1.807, 2.05) is 6.92 Å². The lowest BCUT2D eigenvalue weighted by molar-refractivity contribution is 0.0963. The second kappa shape index (κ2) is 11.8. The van der Waals surface area contributed by atoms with E-state index in [9.17, 15) is 4.79 Å². The Morgan fingerprint density at radius 3 is 2.28 bits per heavy atom. The van der Waals surface area contributed by atoms with Crippen molar-refractivity contribution in [2.24, 2.45) is 22.6 Å². The lowest BCUT2D eigenvalue weighted by atomic mass is 9.81. The van der Waals surface area contributed by atoms with Gasteiger partial charge in [-0.15, -0.1) is 24.0 Å². The van der Waals surface area contributed by atoms with Crippen molar-refractivity contribution in [3.8, 4) is 0 Å². The third-order valence-corrected chi connectivity index (χ3v) is 5.44. The molecule has 25 heavy (non-hydrogen) atoms. The van der Waals surface area contributed by atoms with E-state index in [0.29, 0.717) is 37.6 Å². The first kappa shape index (κ1) is 22.3. The Morgan fingerprint density at radius 1 is 1.12 bits per heavy atom. The van der Waals surface area contributed by atoms with Crippen LogP contribution in [-0.2, 0) is 4.74 Å². The highest BCUT2D eigenvalue weighted by atomic mass is 127. The summed E-state index contributed by atoms with van der Waals surface area (Å²) >= 11 is 0. The van der Waals surface area contributed by atoms with E-state index in [1.165, 1.54) is 32.1 Å². The number of amides is 1. The summed E-state index contributed by atoms with van der Waals surface area (Å²) in [5.74, 6) is 2.17. The molecule has 0 aromatic rings. The molecule has 0 bridgehead atoms. The van der Waals surface area contributed by atoms with Crippen molar-refractivity contribution >= 4 is 36.0 Å². The molecule has 7 heteroatoms.